The molecule has 0 bridgehead atoms. The lowest BCUT2D eigenvalue weighted by molar-refractivity contribution is -0.895. The Bertz CT molecular complexity index is 920. The highest BCUT2D eigenvalue weighted by molar-refractivity contribution is 7.81. The van der Waals surface area contributed by atoms with Crippen molar-refractivity contribution >= 4 is 37.2 Å². The van der Waals surface area contributed by atoms with Gasteiger partial charge in [-0.3, -0.25) is 17.3 Å². The van der Waals surface area contributed by atoms with Gasteiger partial charge in [0.15, 0.2) is 6.10 Å². The molecule has 0 amide bonds. The highest BCUT2D eigenvalue weighted by Crippen LogP contribution is 2.09. The number of carbonyl (C=O) groups is 1. The van der Waals surface area contributed by atoms with Gasteiger partial charge in [-0.25, -0.2) is 25.3 Å². The van der Waals surface area contributed by atoms with Crippen LogP contribution in [-0.2, 0) is 53.3 Å². The summed E-state index contributed by atoms with van der Waals surface area (Å²) in [5, 5.41) is 0. The average Bonchev–Trinajstić information content (AvgIpc) is 2.70. The summed E-state index contributed by atoms with van der Waals surface area (Å²) < 4.78 is 101. The van der Waals surface area contributed by atoms with Crippen molar-refractivity contribution in [1.29, 1.82) is 0 Å². The maximum Gasteiger partial charge on any atom is 0.306 e. The van der Waals surface area contributed by atoms with Crippen LogP contribution in [0.4, 0.5) is 0 Å². The number of unbranched alkanes of at least 4 members (excludes halogenated alkanes) is 2. The van der Waals surface area contributed by atoms with E-state index in [1.165, 1.54) is 0 Å². The van der Waals surface area contributed by atoms with Crippen LogP contribution in [0.2, 0.25) is 0 Å². The summed E-state index contributed by atoms with van der Waals surface area (Å²) in [5.74, 6) is -0.0397. The lowest BCUT2D eigenvalue weighted by Gasteiger charge is -2.33. The summed E-state index contributed by atoms with van der Waals surface area (Å²) in [6.07, 6.45) is 3.72. The minimum Gasteiger partial charge on any atom is -0.726 e. The SMILES string of the molecule is COS(=O)(=O)[O-].COS(=O)(=O)[O-].COS(=O)(=O)[O-].C[N+](C)(C)CCCCCC(=O)OC(C[N+](C)(C)C)C[N+](C)(C)C. The fourth-order valence-corrected chi connectivity index (χ4v) is 2.63. The highest BCUT2D eigenvalue weighted by Gasteiger charge is 2.27. The first-order chi connectivity index (χ1) is 17.9. The zero-order valence-corrected chi connectivity index (χ0v) is 28.8. The third-order valence-electron chi connectivity index (χ3n) is 4.12. The topological polar surface area (TPSA) is 226 Å². The molecule has 0 aliphatic rings. The smallest absolute Gasteiger partial charge is 0.306 e. The van der Waals surface area contributed by atoms with Gasteiger partial charge in [-0.15, -0.1) is 0 Å². The lowest BCUT2D eigenvalue weighted by atomic mass is 10.2. The summed E-state index contributed by atoms with van der Waals surface area (Å²) >= 11 is 0. The van der Waals surface area contributed by atoms with Crippen LogP contribution in [0.5, 0.6) is 0 Å². The van der Waals surface area contributed by atoms with Crippen molar-refractivity contribution in [2.75, 3.05) is 104 Å². The van der Waals surface area contributed by atoms with E-state index >= 15 is 0 Å². The summed E-state index contributed by atoms with van der Waals surface area (Å²) in [6, 6.07) is 0. The molecule has 0 fully saturated rings. The zero-order valence-electron chi connectivity index (χ0n) is 26.3. The van der Waals surface area contributed by atoms with Crippen molar-refractivity contribution in [3.05, 3.63) is 0 Å². The van der Waals surface area contributed by atoms with E-state index in [1.54, 1.807) is 0 Å². The molecule has 0 aromatic heterocycles. The van der Waals surface area contributed by atoms with E-state index < -0.39 is 31.2 Å². The average molecular weight is 666 g/mol. The highest BCUT2D eigenvalue weighted by atomic mass is 32.3. The number of rotatable bonds is 14. The van der Waals surface area contributed by atoms with E-state index in [0.717, 1.165) is 73.7 Å². The number of hydrogen-bond donors (Lipinski definition) is 0. The molecule has 0 aromatic rings. The molecule has 41 heavy (non-hydrogen) atoms. The van der Waals surface area contributed by atoms with Crippen molar-refractivity contribution in [3.8, 4) is 0 Å². The molecule has 20 heteroatoms. The van der Waals surface area contributed by atoms with Crippen molar-refractivity contribution < 1.29 is 74.4 Å². The van der Waals surface area contributed by atoms with Crippen LogP contribution in [0.3, 0.4) is 0 Å². The molecule has 0 radical (unpaired) electrons. The fraction of sp³-hybridized carbons (Fsp3) is 0.952. The lowest BCUT2D eigenvalue weighted by Crippen LogP contribution is -2.50. The first-order valence-electron chi connectivity index (χ1n) is 12.0. The zero-order chi connectivity index (χ0) is 33.9. The number of ether oxygens (including phenoxy) is 1. The van der Waals surface area contributed by atoms with E-state index in [0.29, 0.717) is 6.42 Å². The third kappa shape index (κ3) is 55.5. The molecule has 0 aliphatic carbocycles. The van der Waals surface area contributed by atoms with Crippen molar-refractivity contribution in [2.45, 2.75) is 31.8 Å². The molecule has 0 atom stereocenters. The molecule has 0 saturated heterocycles. The summed E-state index contributed by atoms with van der Waals surface area (Å²) in [7, 11) is 8.64. The minimum absolute atomic E-state index is 0.0197. The molecule has 0 heterocycles. The molecule has 17 nitrogen and oxygen atoms in total. The Morgan fingerprint density at radius 3 is 1.10 bits per heavy atom. The van der Waals surface area contributed by atoms with Gasteiger partial charge in [0, 0.05) is 6.42 Å². The second kappa shape index (κ2) is 20.8. The van der Waals surface area contributed by atoms with Gasteiger partial charge < -0.3 is 31.8 Å². The van der Waals surface area contributed by atoms with Crippen molar-refractivity contribution in [2.24, 2.45) is 0 Å². The predicted molar refractivity (Wildman–Crippen MR) is 147 cm³/mol. The van der Waals surface area contributed by atoms with Crippen LogP contribution in [0, 0.1) is 0 Å². The third-order valence-corrected chi connectivity index (χ3v) is 5.35. The second-order valence-electron chi connectivity index (χ2n) is 11.6. The van der Waals surface area contributed by atoms with E-state index in [4.69, 9.17) is 4.74 Å². The molecule has 0 saturated carbocycles. The maximum absolute atomic E-state index is 12.1. The van der Waals surface area contributed by atoms with E-state index in [2.05, 4.69) is 76.0 Å². The van der Waals surface area contributed by atoms with Crippen LogP contribution in [-0.4, -0.2) is 169 Å². The minimum atomic E-state index is -4.41. The summed E-state index contributed by atoms with van der Waals surface area (Å²) in [4.78, 5) is 12.1. The molecule has 0 N–H and O–H groups in total. The molecule has 0 spiro atoms. The second-order valence-corrected chi connectivity index (χ2v) is 15.1. The van der Waals surface area contributed by atoms with Crippen LogP contribution >= 0.6 is 0 Å². The first kappa shape index (κ1) is 46.9. The fourth-order valence-electron chi connectivity index (χ4n) is 2.63. The van der Waals surface area contributed by atoms with Crippen molar-refractivity contribution in [3.63, 3.8) is 0 Å². The van der Waals surface area contributed by atoms with Gasteiger partial charge >= 0.3 is 5.97 Å². The Morgan fingerprint density at radius 1 is 0.585 bits per heavy atom. The van der Waals surface area contributed by atoms with Crippen molar-refractivity contribution in [1.82, 2.24) is 0 Å². The molecular weight excluding hydrogens is 614 g/mol. The van der Waals surface area contributed by atoms with E-state index in [1.807, 2.05) is 0 Å². The van der Waals surface area contributed by atoms with Gasteiger partial charge in [0.1, 0.15) is 13.1 Å². The van der Waals surface area contributed by atoms with Gasteiger partial charge in [0.2, 0.25) is 31.2 Å². The molecule has 0 unspecified atom stereocenters. The monoisotopic (exact) mass is 665 g/mol. The largest absolute Gasteiger partial charge is 0.726 e. The summed E-state index contributed by atoms with van der Waals surface area (Å²) in [5.41, 5.74) is 0. The van der Waals surface area contributed by atoms with Crippen LogP contribution in [0.15, 0.2) is 0 Å². The molecule has 252 valence electrons. The molecule has 0 aliphatic heterocycles. The van der Waals surface area contributed by atoms with E-state index in [-0.39, 0.29) is 12.1 Å². The first-order valence-corrected chi connectivity index (χ1v) is 16.0. The van der Waals surface area contributed by atoms with Gasteiger partial charge in [-0.2, -0.15) is 0 Å². The number of likely N-dealkylation sites (N-methyl/N-ethyl adjacent to an activating group) is 2. The number of carbonyl (C=O) groups excluding carboxylic acids is 1. The Kier molecular flexibility index (Phi) is 23.8. The number of quaternary nitrogens is 3. The standard InChI is InChI=1S/C18H42N3O2.3CH4O4S/c1-19(2,3)14-12-10-11-13-18(22)23-17(15-20(4,5)6)16-21(7,8)9;3*1-5-6(2,3)4/h17H,10-16H2,1-9H3;3*1H3,(H,2,3,4)/q+3;;;/p-3. The van der Waals surface area contributed by atoms with Gasteiger partial charge in [-0.1, -0.05) is 0 Å². The maximum atomic E-state index is 12.1. The molecular formula is C21H51N3O14S3. The number of hydrogen-bond acceptors (Lipinski definition) is 14. The van der Waals surface area contributed by atoms with Crippen LogP contribution < -0.4 is 0 Å². The van der Waals surface area contributed by atoms with Crippen LogP contribution in [0.25, 0.3) is 0 Å². The normalized spacial score (nSPS) is 12.7. The molecule has 0 rings (SSSR count). The number of nitrogens with zero attached hydrogens (tertiary/aromatic N) is 3. The Balaban J connectivity index is -0.000000305. The quantitative estimate of drug-likeness (QED) is 0.0703. The summed E-state index contributed by atoms with van der Waals surface area (Å²) in [6.45, 7) is 2.85. The predicted octanol–water partition coefficient (Wildman–Crippen LogP) is -1.14. The molecule has 0 aromatic carbocycles. The van der Waals surface area contributed by atoms with Gasteiger partial charge in [0.05, 0.1) is 91.3 Å². The Morgan fingerprint density at radius 2 is 0.878 bits per heavy atom. The number of esters is 1. The van der Waals surface area contributed by atoms with Gasteiger partial charge in [-0.05, 0) is 19.3 Å². The van der Waals surface area contributed by atoms with Crippen LogP contribution in [0.1, 0.15) is 25.7 Å². The van der Waals surface area contributed by atoms with E-state index in [9.17, 15) is 43.7 Å². The Labute approximate surface area is 247 Å². The Hall–Kier alpha value is -1.04. The van der Waals surface area contributed by atoms with Gasteiger partial charge in [0.25, 0.3) is 0 Å².